The van der Waals surface area contributed by atoms with Crippen molar-refractivity contribution < 1.29 is 4.79 Å². The molecule has 0 aromatic carbocycles. The molecule has 0 spiro atoms. The van der Waals surface area contributed by atoms with Crippen LogP contribution in [0.15, 0.2) is 18.3 Å². The highest BCUT2D eigenvalue weighted by Gasteiger charge is 2.24. The second kappa shape index (κ2) is 6.84. The van der Waals surface area contributed by atoms with Gasteiger partial charge in [0.1, 0.15) is 0 Å². The van der Waals surface area contributed by atoms with E-state index in [9.17, 15) is 4.79 Å². The number of hydrogen-bond acceptors (Lipinski definition) is 3. The molecule has 1 aliphatic rings. The van der Waals surface area contributed by atoms with Crippen LogP contribution in [0.25, 0.3) is 0 Å². The second-order valence-corrected chi connectivity index (χ2v) is 5.84. The highest BCUT2D eigenvalue weighted by atomic mass is 16.2. The minimum absolute atomic E-state index is 0.239. The van der Waals surface area contributed by atoms with E-state index >= 15 is 0 Å². The number of rotatable bonds is 4. The summed E-state index contributed by atoms with van der Waals surface area (Å²) < 4.78 is 0. The van der Waals surface area contributed by atoms with Crippen molar-refractivity contribution in [2.45, 2.75) is 32.1 Å². The largest absolute Gasteiger partial charge is 0.342 e. The first kappa shape index (κ1) is 15.0. The van der Waals surface area contributed by atoms with Gasteiger partial charge in [-0.2, -0.15) is 0 Å². The average molecular weight is 275 g/mol. The van der Waals surface area contributed by atoms with Gasteiger partial charge in [0, 0.05) is 30.9 Å². The third kappa shape index (κ3) is 3.79. The Bertz CT molecular complexity index is 434. The summed E-state index contributed by atoms with van der Waals surface area (Å²) in [4.78, 5) is 20.5. The first-order chi connectivity index (χ1) is 9.60. The van der Waals surface area contributed by atoms with E-state index in [-0.39, 0.29) is 5.91 Å². The number of carbonyl (C=O) groups excluding carboxylic acids is 1. The van der Waals surface area contributed by atoms with Crippen LogP contribution in [-0.2, 0) is 11.2 Å². The van der Waals surface area contributed by atoms with Crippen molar-refractivity contribution >= 4 is 5.91 Å². The Morgan fingerprint density at radius 2 is 2.05 bits per heavy atom. The molecule has 20 heavy (non-hydrogen) atoms. The van der Waals surface area contributed by atoms with Crippen LogP contribution in [-0.4, -0.2) is 54.4 Å². The number of likely N-dealkylation sites (tertiary alicyclic amines) is 1. The molecule has 1 aromatic heterocycles. The molecule has 4 nitrogen and oxygen atoms in total. The molecular weight excluding hydrogens is 250 g/mol. The lowest BCUT2D eigenvalue weighted by Crippen LogP contribution is -2.42. The standard InChI is InChI=1S/C16H25N3O/c1-4-13-5-6-15(17-11-13)14-7-9-19(10-8-14)16(20)12-18(2)3/h5-6,11,14H,4,7-10,12H2,1-3H3. The fourth-order valence-corrected chi connectivity index (χ4v) is 2.68. The molecule has 1 saturated heterocycles. The monoisotopic (exact) mass is 275 g/mol. The zero-order valence-corrected chi connectivity index (χ0v) is 12.8. The van der Waals surface area contributed by atoms with Gasteiger partial charge in [0.05, 0.1) is 6.54 Å². The van der Waals surface area contributed by atoms with Gasteiger partial charge >= 0.3 is 0 Å². The predicted molar refractivity (Wildman–Crippen MR) is 80.7 cm³/mol. The maximum Gasteiger partial charge on any atom is 0.236 e. The van der Waals surface area contributed by atoms with Gasteiger partial charge in [-0.3, -0.25) is 9.78 Å². The van der Waals surface area contributed by atoms with Crippen LogP contribution in [0.3, 0.4) is 0 Å². The quantitative estimate of drug-likeness (QED) is 0.842. The minimum Gasteiger partial charge on any atom is -0.342 e. The molecule has 2 heterocycles. The molecule has 1 aliphatic heterocycles. The molecule has 0 saturated carbocycles. The van der Waals surface area contributed by atoms with E-state index in [4.69, 9.17) is 0 Å². The average Bonchev–Trinajstić information content (AvgIpc) is 2.47. The van der Waals surface area contributed by atoms with Crippen molar-refractivity contribution in [1.29, 1.82) is 0 Å². The Balaban J connectivity index is 1.88. The molecule has 0 radical (unpaired) electrons. The number of piperidine rings is 1. The van der Waals surface area contributed by atoms with Crippen LogP contribution in [0.4, 0.5) is 0 Å². The van der Waals surface area contributed by atoms with Crippen LogP contribution < -0.4 is 0 Å². The van der Waals surface area contributed by atoms with Crippen LogP contribution in [0.2, 0.25) is 0 Å². The summed E-state index contributed by atoms with van der Waals surface area (Å²) >= 11 is 0. The molecule has 1 amide bonds. The van der Waals surface area contributed by atoms with E-state index in [2.05, 4.69) is 24.0 Å². The van der Waals surface area contributed by atoms with Crippen LogP contribution in [0.5, 0.6) is 0 Å². The van der Waals surface area contributed by atoms with E-state index < -0.39 is 0 Å². The van der Waals surface area contributed by atoms with Crippen LogP contribution >= 0.6 is 0 Å². The third-order valence-electron chi connectivity index (χ3n) is 3.97. The van der Waals surface area contributed by atoms with Gasteiger partial charge in [0.15, 0.2) is 0 Å². The van der Waals surface area contributed by atoms with Crippen molar-refractivity contribution in [3.05, 3.63) is 29.6 Å². The lowest BCUT2D eigenvalue weighted by Gasteiger charge is -2.32. The molecule has 0 atom stereocenters. The Morgan fingerprint density at radius 3 is 2.55 bits per heavy atom. The van der Waals surface area contributed by atoms with Gasteiger partial charge in [-0.05, 0) is 45.0 Å². The molecule has 0 unspecified atom stereocenters. The fraction of sp³-hybridized carbons (Fsp3) is 0.625. The SMILES string of the molecule is CCc1ccc(C2CCN(C(=O)CN(C)C)CC2)nc1. The van der Waals surface area contributed by atoms with Crippen molar-refractivity contribution in [3.63, 3.8) is 0 Å². The first-order valence-corrected chi connectivity index (χ1v) is 7.47. The van der Waals surface area contributed by atoms with E-state index in [0.717, 1.165) is 32.4 Å². The molecule has 0 N–H and O–H groups in total. The number of nitrogens with zero attached hydrogens (tertiary/aromatic N) is 3. The topological polar surface area (TPSA) is 36.4 Å². The molecule has 1 fully saturated rings. The Kier molecular flexibility index (Phi) is 5.12. The smallest absolute Gasteiger partial charge is 0.236 e. The predicted octanol–water partition coefficient (Wildman–Crippen LogP) is 1.91. The van der Waals surface area contributed by atoms with E-state index in [1.165, 1.54) is 11.3 Å². The Hall–Kier alpha value is -1.42. The van der Waals surface area contributed by atoms with Crippen LogP contribution in [0, 0.1) is 0 Å². The van der Waals surface area contributed by atoms with Crippen molar-refractivity contribution in [2.75, 3.05) is 33.7 Å². The van der Waals surface area contributed by atoms with Gasteiger partial charge in [0.2, 0.25) is 5.91 Å². The summed E-state index contributed by atoms with van der Waals surface area (Å²) in [6.45, 7) is 4.36. The molecule has 2 rings (SSSR count). The molecule has 0 aliphatic carbocycles. The molecule has 1 aromatic rings. The highest BCUT2D eigenvalue weighted by Crippen LogP contribution is 2.26. The molecule has 110 valence electrons. The Morgan fingerprint density at radius 1 is 1.35 bits per heavy atom. The summed E-state index contributed by atoms with van der Waals surface area (Å²) in [5.41, 5.74) is 2.47. The number of hydrogen-bond donors (Lipinski definition) is 0. The van der Waals surface area contributed by atoms with E-state index in [1.54, 1.807) is 0 Å². The lowest BCUT2D eigenvalue weighted by molar-refractivity contribution is -0.132. The lowest BCUT2D eigenvalue weighted by atomic mass is 9.92. The number of likely N-dealkylation sites (N-methyl/N-ethyl adjacent to an activating group) is 1. The summed E-state index contributed by atoms with van der Waals surface area (Å²) in [5.74, 6) is 0.743. The van der Waals surface area contributed by atoms with Gasteiger partial charge in [0.25, 0.3) is 0 Å². The zero-order valence-electron chi connectivity index (χ0n) is 12.8. The maximum absolute atomic E-state index is 12.0. The van der Waals surface area contributed by atoms with E-state index in [1.807, 2.05) is 30.1 Å². The molecular formula is C16H25N3O. The minimum atomic E-state index is 0.239. The summed E-state index contributed by atoms with van der Waals surface area (Å²) in [7, 11) is 3.87. The van der Waals surface area contributed by atoms with Gasteiger partial charge < -0.3 is 9.80 Å². The Labute approximate surface area is 121 Å². The van der Waals surface area contributed by atoms with Crippen LogP contribution in [0.1, 0.15) is 36.9 Å². The maximum atomic E-state index is 12.0. The van der Waals surface area contributed by atoms with Gasteiger partial charge in [-0.15, -0.1) is 0 Å². The summed E-state index contributed by atoms with van der Waals surface area (Å²) in [6, 6.07) is 4.33. The third-order valence-corrected chi connectivity index (χ3v) is 3.97. The number of pyridine rings is 1. The second-order valence-electron chi connectivity index (χ2n) is 5.84. The molecule has 0 bridgehead atoms. The fourth-order valence-electron chi connectivity index (χ4n) is 2.68. The van der Waals surface area contributed by atoms with Crippen molar-refractivity contribution in [3.8, 4) is 0 Å². The highest BCUT2D eigenvalue weighted by molar-refractivity contribution is 5.78. The molecule has 4 heteroatoms. The van der Waals surface area contributed by atoms with Gasteiger partial charge in [-0.25, -0.2) is 0 Å². The number of aryl methyl sites for hydroxylation is 1. The van der Waals surface area contributed by atoms with Gasteiger partial charge in [-0.1, -0.05) is 13.0 Å². The zero-order chi connectivity index (χ0) is 14.5. The first-order valence-electron chi connectivity index (χ1n) is 7.47. The normalized spacial score (nSPS) is 16.7. The number of amides is 1. The van der Waals surface area contributed by atoms with Crippen molar-refractivity contribution in [2.24, 2.45) is 0 Å². The number of carbonyl (C=O) groups is 1. The number of aromatic nitrogens is 1. The van der Waals surface area contributed by atoms with E-state index in [0.29, 0.717) is 12.5 Å². The summed E-state index contributed by atoms with van der Waals surface area (Å²) in [5, 5.41) is 0. The summed E-state index contributed by atoms with van der Waals surface area (Å²) in [6.07, 6.45) is 5.07. The van der Waals surface area contributed by atoms with Crippen molar-refractivity contribution in [1.82, 2.24) is 14.8 Å².